The first kappa shape index (κ1) is 23.2. The van der Waals surface area contributed by atoms with Gasteiger partial charge in [-0.2, -0.15) is 5.10 Å². The second-order valence-corrected chi connectivity index (χ2v) is 9.83. The summed E-state index contributed by atoms with van der Waals surface area (Å²) in [4.78, 5) is 0.137. The molecule has 33 heavy (non-hydrogen) atoms. The Morgan fingerprint density at radius 3 is 2.58 bits per heavy atom. The van der Waals surface area contributed by atoms with Crippen molar-refractivity contribution in [2.75, 3.05) is 7.05 Å². The predicted octanol–water partition coefficient (Wildman–Crippen LogP) is 4.87. The van der Waals surface area contributed by atoms with Crippen LogP contribution in [0.1, 0.15) is 24.4 Å². The molecular weight excluding hydrogens is 463 g/mol. The lowest BCUT2D eigenvalue weighted by atomic mass is 10.1. The Hall–Kier alpha value is -2.94. The van der Waals surface area contributed by atoms with Gasteiger partial charge in [0.25, 0.3) is 10.0 Å². The number of hydrogen-bond donors (Lipinski definition) is 1. The van der Waals surface area contributed by atoms with Gasteiger partial charge in [-0.05, 0) is 61.3 Å². The Kier molecular flexibility index (Phi) is 6.43. The summed E-state index contributed by atoms with van der Waals surface area (Å²) in [7, 11) is -2.19. The molecule has 1 fully saturated rings. The molecule has 0 atom stereocenters. The topological polar surface area (TPSA) is 68.9 Å². The van der Waals surface area contributed by atoms with Gasteiger partial charge in [-0.1, -0.05) is 24.3 Å². The highest BCUT2D eigenvalue weighted by Crippen LogP contribution is 2.35. The van der Waals surface area contributed by atoms with Gasteiger partial charge < -0.3 is 5.32 Å². The molecule has 0 radical (unpaired) electrons. The van der Waals surface area contributed by atoms with Crippen LogP contribution in [0.25, 0.3) is 22.4 Å². The second-order valence-electron chi connectivity index (χ2n) is 8.01. The highest BCUT2D eigenvalue weighted by atomic mass is 35.5. The van der Waals surface area contributed by atoms with Crippen molar-refractivity contribution in [1.29, 1.82) is 0 Å². The lowest BCUT2D eigenvalue weighted by Gasteiger charge is -2.12. The predicted molar refractivity (Wildman–Crippen MR) is 128 cm³/mol. The lowest BCUT2D eigenvalue weighted by molar-refractivity contribution is 0.587. The lowest BCUT2D eigenvalue weighted by Crippen LogP contribution is -2.14. The van der Waals surface area contributed by atoms with Crippen LogP contribution in [-0.4, -0.2) is 29.2 Å². The van der Waals surface area contributed by atoms with Crippen LogP contribution in [0.15, 0.2) is 78.1 Å². The van der Waals surface area contributed by atoms with Crippen LogP contribution in [0.3, 0.4) is 0 Å². The first-order valence-corrected chi connectivity index (χ1v) is 11.9. The minimum Gasteiger partial charge on any atom is -0.316 e. The Labute approximate surface area is 198 Å². The fraction of sp³-hybridized carbons (Fsp3) is 0.208. The van der Waals surface area contributed by atoms with Crippen molar-refractivity contribution >= 4 is 22.4 Å². The number of nitrogens with zero attached hydrogens (tertiary/aromatic N) is 3. The van der Waals surface area contributed by atoms with E-state index in [1.807, 2.05) is 16.9 Å². The smallest absolute Gasteiger partial charge is 0.268 e. The summed E-state index contributed by atoms with van der Waals surface area (Å²) in [5.74, 6) is -0.473. The molecule has 4 aromatic rings. The molecule has 0 aliphatic heterocycles. The van der Waals surface area contributed by atoms with Crippen LogP contribution in [0.4, 0.5) is 4.39 Å². The molecule has 2 heterocycles. The summed E-state index contributed by atoms with van der Waals surface area (Å²) in [5.41, 5.74) is 2.91. The largest absolute Gasteiger partial charge is 0.316 e. The number of benzene rings is 2. The van der Waals surface area contributed by atoms with Crippen molar-refractivity contribution < 1.29 is 12.8 Å². The average Bonchev–Trinajstić information content (AvgIpc) is 3.36. The number of aromatic nitrogens is 3. The molecule has 1 aliphatic rings. The molecule has 172 valence electrons. The number of hydrogen-bond acceptors (Lipinski definition) is 4. The van der Waals surface area contributed by atoms with E-state index in [1.165, 1.54) is 10.0 Å². The zero-order valence-corrected chi connectivity index (χ0v) is 19.6. The number of nitrogens with one attached hydrogen (secondary N) is 1. The van der Waals surface area contributed by atoms with Crippen molar-refractivity contribution in [3.8, 4) is 22.4 Å². The van der Waals surface area contributed by atoms with Gasteiger partial charge in [0.05, 0.1) is 22.8 Å². The summed E-state index contributed by atoms with van der Waals surface area (Å²) < 4.78 is 45.0. The fourth-order valence-corrected chi connectivity index (χ4v) is 5.27. The minimum absolute atomic E-state index is 0. The average molecular weight is 487 g/mol. The van der Waals surface area contributed by atoms with Crippen LogP contribution < -0.4 is 5.32 Å². The molecule has 1 saturated carbocycles. The third-order valence-electron chi connectivity index (χ3n) is 5.62. The summed E-state index contributed by atoms with van der Waals surface area (Å²) in [6.07, 6.45) is 7.50. The van der Waals surface area contributed by atoms with E-state index in [9.17, 15) is 12.8 Å². The maximum Gasteiger partial charge on any atom is 0.268 e. The van der Waals surface area contributed by atoms with E-state index < -0.39 is 15.8 Å². The van der Waals surface area contributed by atoms with Gasteiger partial charge in [-0.15, -0.1) is 12.4 Å². The summed E-state index contributed by atoms with van der Waals surface area (Å²) in [6.45, 7) is 0.463. The molecule has 0 saturated heterocycles. The molecule has 0 unspecified atom stereocenters. The summed E-state index contributed by atoms with van der Waals surface area (Å²) in [5, 5.41) is 7.42. The van der Waals surface area contributed by atoms with Crippen LogP contribution in [-0.2, 0) is 16.6 Å². The summed E-state index contributed by atoms with van der Waals surface area (Å²) in [6, 6.07) is 15.1. The molecule has 9 heteroatoms. The van der Waals surface area contributed by atoms with Crippen molar-refractivity contribution in [3.63, 3.8) is 0 Å². The van der Waals surface area contributed by atoms with Crippen LogP contribution in [0.2, 0.25) is 0 Å². The van der Waals surface area contributed by atoms with Gasteiger partial charge >= 0.3 is 0 Å². The van der Waals surface area contributed by atoms with E-state index in [0.717, 1.165) is 29.5 Å². The van der Waals surface area contributed by atoms with Crippen LogP contribution in [0, 0.1) is 5.82 Å². The first-order chi connectivity index (χ1) is 15.5. The third kappa shape index (κ3) is 4.46. The number of rotatable bonds is 7. The van der Waals surface area contributed by atoms with E-state index in [4.69, 9.17) is 0 Å². The van der Waals surface area contributed by atoms with E-state index in [-0.39, 0.29) is 22.9 Å². The van der Waals surface area contributed by atoms with Gasteiger partial charge in [0, 0.05) is 30.1 Å². The SMILES string of the molecule is CNCc1cc(-c2ccccc2F)n(S(=O)(=O)c2cccc(-c3cnn(C4CC4)c3)c2)c1.Cl. The van der Waals surface area contributed by atoms with Crippen molar-refractivity contribution in [2.24, 2.45) is 0 Å². The van der Waals surface area contributed by atoms with Gasteiger partial charge in [-0.25, -0.2) is 16.8 Å². The molecular formula is C24H24ClFN4O2S. The number of halogens is 2. The zero-order valence-electron chi connectivity index (χ0n) is 18.0. The molecule has 2 aromatic carbocycles. The van der Waals surface area contributed by atoms with E-state index in [1.54, 1.807) is 61.9 Å². The standard InChI is InChI=1S/C24H23FN4O2S.ClH/c1-26-13-17-11-24(22-7-2-3-8-23(22)25)29(15-17)32(30,31)21-6-4-5-18(12-21)19-14-27-28(16-19)20-9-10-20;/h2-8,11-12,14-16,20,26H,9-10,13H2,1H3;1H. The Balaban J connectivity index is 0.00000259. The normalized spacial score (nSPS) is 13.6. The molecule has 1 N–H and O–H groups in total. The molecule has 5 rings (SSSR count). The Morgan fingerprint density at radius 2 is 1.85 bits per heavy atom. The summed E-state index contributed by atoms with van der Waals surface area (Å²) >= 11 is 0. The van der Waals surface area contributed by atoms with Crippen molar-refractivity contribution in [1.82, 2.24) is 19.1 Å². The van der Waals surface area contributed by atoms with Gasteiger partial charge in [0.15, 0.2) is 0 Å². The van der Waals surface area contributed by atoms with E-state index >= 15 is 0 Å². The van der Waals surface area contributed by atoms with Crippen molar-refractivity contribution in [2.45, 2.75) is 30.3 Å². The van der Waals surface area contributed by atoms with Crippen molar-refractivity contribution in [3.05, 3.63) is 84.6 Å². The first-order valence-electron chi connectivity index (χ1n) is 10.5. The maximum absolute atomic E-state index is 14.6. The fourth-order valence-electron chi connectivity index (χ4n) is 3.84. The molecule has 0 amide bonds. The Morgan fingerprint density at radius 1 is 1.06 bits per heavy atom. The molecule has 0 spiro atoms. The van der Waals surface area contributed by atoms with Gasteiger partial charge in [-0.3, -0.25) is 4.68 Å². The highest BCUT2D eigenvalue weighted by molar-refractivity contribution is 7.90. The van der Waals surface area contributed by atoms with E-state index in [2.05, 4.69) is 10.4 Å². The second kappa shape index (κ2) is 9.13. The Bertz CT molecular complexity index is 1390. The molecule has 0 bridgehead atoms. The maximum atomic E-state index is 14.6. The van der Waals surface area contributed by atoms with Crippen LogP contribution in [0.5, 0.6) is 0 Å². The van der Waals surface area contributed by atoms with Gasteiger partial charge in [0.1, 0.15) is 5.82 Å². The van der Waals surface area contributed by atoms with E-state index in [0.29, 0.717) is 18.3 Å². The monoisotopic (exact) mass is 486 g/mol. The molecule has 6 nitrogen and oxygen atoms in total. The van der Waals surface area contributed by atoms with Gasteiger partial charge in [0.2, 0.25) is 0 Å². The third-order valence-corrected chi connectivity index (χ3v) is 7.29. The highest BCUT2D eigenvalue weighted by Gasteiger charge is 2.26. The molecule has 2 aromatic heterocycles. The zero-order chi connectivity index (χ0) is 22.3. The molecule has 1 aliphatic carbocycles. The van der Waals surface area contributed by atoms with Crippen LogP contribution >= 0.6 is 12.4 Å². The quantitative estimate of drug-likeness (QED) is 0.404. The minimum atomic E-state index is -3.96.